The van der Waals surface area contributed by atoms with Crippen LogP contribution in [0.3, 0.4) is 0 Å². The first kappa shape index (κ1) is 16.6. The summed E-state index contributed by atoms with van der Waals surface area (Å²) in [6.07, 6.45) is 0. The van der Waals surface area contributed by atoms with Crippen molar-refractivity contribution in [3.05, 3.63) is 17.0 Å². The van der Waals surface area contributed by atoms with Crippen molar-refractivity contribution in [2.75, 3.05) is 13.1 Å². The van der Waals surface area contributed by atoms with E-state index in [0.717, 1.165) is 15.6 Å². The van der Waals surface area contributed by atoms with Crippen LogP contribution in [-0.4, -0.2) is 37.8 Å². The quantitative estimate of drug-likeness (QED) is 0.852. The van der Waals surface area contributed by atoms with E-state index in [1.54, 1.807) is 20.8 Å². The number of nitrogens with zero attached hydrogens (tertiary/aromatic N) is 2. The molecule has 0 atom stereocenters. The second-order valence-electron chi connectivity index (χ2n) is 4.38. The zero-order valence-corrected chi connectivity index (χ0v) is 13.2. The molecule has 0 fully saturated rings. The fraction of sp³-hybridized carbons (Fsp3) is 0.500. The standard InChI is InChI=1S/C12H17N3O3S2/c1-4-15(8-11(16)14-9(2)3)20(17,18)12-6-5-10(7-13)19-12/h5-6,9H,4,8H2,1-3H3,(H,14,16). The highest BCUT2D eigenvalue weighted by Gasteiger charge is 2.27. The molecule has 0 radical (unpaired) electrons. The van der Waals surface area contributed by atoms with Gasteiger partial charge < -0.3 is 5.32 Å². The number of nitrogens with one attached hydrogen (secondary N) is 1. The molecule has 1 amide bonds. The lowest BCUT2D eigenvalue weighted by Crippen LogP contribution is -2.42. The molecule has 1 aromatic rings. The summed E-state index contributed by atoms with van der Waals surface area (Å²) in [5.41, 5.74) is 0. The van der Waals surface area contributed by atoms with Gasteiger partial charge in [-0.3, -0.25) is 4.79 Å². The minimum Gasteiger partial charge on any atom is -0.353 e. The summed E-state index contributed by atoms with van der Waals surface area (Å²) in [4.78, 5) is 12.0. The second kappa shape index (κ2) is 6.83. The van der Waals surface area contributed by atoms with Crippen LogP contribution in [0.15, 0.2) is 16.3 Å². The van der Waals surface area contributed by atoms with E-state index >= 15 is 0 Å². The lowest BCUT2D eigenvalue weighted by atomic mass is 10.4. The molecular weight excluding hydrogens is 298 g/mol. The van der Waals surface area contributed by atoms with Crippen LogP contribution in [0.4, 0.5) is 0 Å². The van der Waals surface area contributed by atoms with E-state index in [-0.39, 0.29) is 29.2 Å². The number of nitriles is 1. The van der Waals surface area contributed by atoms with Gasteiger partial charge in [0.1, 0.15) is 15.2 Å². The minimum absolute atomic E-state index is 0.0455. The molecule has 1 heterocycles. The monoisotopic (exact) mass is 315 g/mol. The molecular formula is C12H17N3O3S2. The summed E-state index contributed by atoms with van der Waals surface area (Å²) in [6, 6.07) is 4.70. The Kier molecular flexibility index (Phi) is 5.68. The number of carbonyl (C=O) groups excluding carboxylic acids is 1. The minimum atomic E-state index is -3.73. The fourth-order valence-electron chi connectivity index (χ4n) is 1.54. The normalized spacial score (nSPS) is 11.6. The van der Waals surface area contributed by atoms with Crippen LogP contribution in [-0.2, 0) is 14.8 Å². The molecule has 0 bridgehead atoms. The molecule has 0 aromatic carbocycles. The summed E-state index contributed by atoms with van der Waals surface area (Å²) in [7, 11) is -3.73. The third kappa shape index (κ3) is 4.03. The van der Waals surface area contributed by atoms with Crippen molar-refractivity contribution in [1.29, 1.82) is 5.26 Å². The van der Waals surface area contributed by atoms with Gasteiger partial charge in [0, 0.05) is 12.6 Å². The number of likely N-dealkylation sites (N-methyl/N-ethyl adjacent to an activating group) is 1. The maximum Gasteiger partial charge on any atom is 0.253 e. The molecule has 0 aliphatic rings. The lowest BCUT2D eigenvalue weighted by Gasteiger charge is -2.19. The van der Waals surface area contributed by atoms with E-state index in [9.17, 15) is 13.2 Å². The largest absolute Gasteiger partial charge is 0.353 e. The molecule has 1 aromatic heterocycles. The van der Waals surface area contributed by atoms with Gasteiger partial charge in [-0.15, -0.1) is 11.3 Å². The summed E-state index contributed by atoms with van der Waals surface area (Å²) in [6.45, 7) is 5.24. The smallest absolute Gasteiger partial charge is 0.253 e. The van der Waals surface area contributed by atoms with Crippen LogP contribution < -0.4 is 5.32 Å². The highest BCUT2D eigenvalue weighted by Crippen LogP contribution is 2.24. The van der Waals surface area contributed by atoms with Gasteiger partial charge in [0.15, 0.2) is 0 Å². The Morgan fingerprint density at radius 1 is 1.50 bits per heavy atom. The topological polar surface area (TPSA) is 90.3 Å². The number of hydrogen-bond acceptors (Lipinski definition) is 5. The van der Waals surface area contributed by atoms with Crippen LogP contribution in [0.2, 0.25) is 0 Å². The van der Waals surface area contributed by atoms with Gasteiger partial charge in [0.05, 0.1) is 6.54 Å². The van der Waals surface area contributed by atoms with Crippen LogP contribution in [0.1, 0.15) is 25.6 Å². The molecule has 0 aliphatic carbocycles. The summed E-state index contributed by atoms with van der Waals surface area (Å²) in [5.74, 6) is -0.345. The summed E-state index contributed by atoms with van der Waals surface area (Å²) < 4.78 is 25.9. The third-order valence-electron chi connectivity index (χ3n) is 2.41. The van der Waals surface area contributed by atoms with Gasteiger partial charge in [-0.2, -0.15) is 9.57 Å². The maximum absolute atomic E-state index is 12.4. The van der Waals surface area contributed by atoms with Crippen molar-refractivity contribution in [2.45, 2.75) is 31.0 Å². The number of carbonyl (C=O) groups is 1. The Bertz CT molecular complexity index is 614. The van der Waals surface area contributed by atoms with Crippen molar-refractivity contribution in [1.82, 2.24) is 9.62 Å². The Morgan fingerprint density at radius 3 is 2.60 bits per heavy atom. The molecule has 6 nitrogen and oxygen atoms in total. The molecule has 1 rings (SSSR count). The Morgan fingerprint density at radius 2 is 2.15 bits per heavy atom. The first-order valence-electron chi connectivity index (χ1n) is 6.10. The van der Waals surface area contributed by atoms with Gasteiger partial charge in [-0.05, 0) is 26.0 Å². The van der Waals surface area contributed by atoms with Crippen LogP contribution in [0.25, 0.3) is 0 Å². The van der Waals surface area contributed by atoms with Crippen LogP contribution in [0.5, 0.6) is 0 Å². The molecule has 110 valence electrons. The van der Waals surface area contributed by atoms with Crippen molar-refractivity contribution in [2.24, 2.45) is 0 Å². The molecule has 0 spiro atoms. The molecule has 8 heteroatoms. The average molecular weight is 315 g/mol. The number of thiophene rings is 1. The van der Waals surface area contributed by atoms with Crippen molar-refractivity contribution in [3.63, 3.8) is 0 Å². The van der Waals surface area contributed by atoms with Crippen molar-refractivity contribution >= 4 is 27.3 Å². The van der Waals surface area contributed by atoms with Gasteiger partial charge in [0.25, 0.3) is 10.0 Å². The number of hydrogen-bond donors (Lipinski definition) is 1. The van der Waals surface area contributed by atoms with Gasteiger partial charge in [0.2, 0.25) is 5.91 Å². The second-order valence-corrected chi connectivity index (χ2v) is 7.63. The summed E-state index contributed by atoms with van der Waals surface area (Å²) >= 11 is 0.902. The summed E-state index contributed by atoms with van der Waals surface area (Å²) in [5, 5.41) is 11.4. The van der Waals surface area contributed by atoms with Gasteiger partial charge >= 0.3 is 0 Å². The molecule has 20 heavy (non-hydrogen) atoms. The molecule has 1 N–H and O–H groups in total. The number of rotatable bonds is 6. The van der Waals surface area contributed by atoms with E-state index in [4.69, 9.17) is 5.26 Å². The predicted octanol–water partition coefficient (Wildman–Crippen LogP) is 1.15. The fourth-order valence-corrected chi connectivity index (χ4v) is 4.20. The van der Waals surface area contributed by atoms with E-state index in [2.05, 4.69) is 5.32 Å². The zero-order chi connectivity index (χ0) is 15.3. The SMILES string of the molecule is CCN(CC(=O)NC(C)C)S(=O)(=O)c1ccc(C#N)s1. The van der Waals surface area contributed by atoms with Crippen LogP contribution >= 0.6 is 11.3 Å². The number of amides is 1. The highest BCUT2D eigenvalue weighted by atomic mass is 32.2. The van der Waals surface area contributed by atoms with Gasteiger partial charge in [-0.1, -0.05) is 6.92 Å². The van der Waals surface area contributed by atoms with E-state index in [0.29, 0.717) is 4.88 Å². The molecule has 0 unspecified atom stereocenters. The maximum atomic E-state index is 12.4. The van der Waals surface area contributed by atoms with Crippen molar-refractivity contribution in [3.8, 4) is 6.07 Å². The third-order valence-corrected chi connectivity index (χ3v) is 5.79. The average Bonchev–Trinajstić information content (AvgIpc) is 2.84. The Hall–Kier alpha value is -1.43. The zero-order valence-electron chi connectivity index (χ0n) is 11.6. The van der Waals surface area contributed by atoms with E-state index in [1.807, 2.05) is 6.07 Å². The van der Waals surface area contributed by atoms with Gasteiger partial charge in [-0.25, -0.2) is 8.42 Å². The highest BCUT2D eigenvalue weighted by molar-refractivity contribution is 7.91. The molecule has 0 aliphatic heterocycles. The van der Waals surface area contributed by atoms with E-state index < -0.39 is 10.0 Å². The first-order valence-corrected chi connectivity index (χ1v) is 8.36. The number of sulfonamides is 1. The predicted molar refractivity (Wildman–Crippen MR) is 76.7 cm³/mol. The Labute approximate surface area is 123 Å². The van der Waals surface area contributed by atoms with E-state index in [1.165, 1.54) is 12.1 Å². The molecule has 0 saturated carbocycles. The lowest BCUT2D eigenvalue weighted by molar-refractivity contribution is -0.121. The first-order chi connectivity index (χ1) is 9.31. The Balaban J connectivity index is 2.93. The van der Waals surface area contributed by atoms with Crippen molar-refractivity contribution < 1.29 is 13.2 Å². The van der Waals surface area contributed by atoms with Crippen LogP contribution in [0, 0.1) is 11.3 Å². The molecule has 0 saturated heterocycles.